The summed E-state index contributed by atoms with van der Waals surface area (Å²) in [5.41, 5.74) is 4.47. The molecule has 0 aromatic heterocycles. The first-order valence-electron chi connectivity index (χ1n) is 10.9. The van der Waals surface area contributed by atoms with Crippen LogP contribution in [0.3, 0.4) is 0 Å². The van der Waals surface area contributed by atoms with Crippen molar-refractivity contribution in [2.24, 2.45) is 0 Å². The van der Waals surface area contributed by atoms with Gasteiger partial charge in [0, 0.05) is 55.6 Å². The van der Waals surface area contributed by atoms with Crippen LogP contribution < -0.4 is 20.9 Å². The predicted octanol–water partition coefficient (Wildman–Crippen LogP) is 2.80. The van der Waals surface area contributed by atoms with E-state index in [4.69, 9.17) is 11.6 Å². The van der Waals surface area contributed by atoms with Crippen molar-refractivity contribution in [1.82, 2.24) is 15.5 Å². The van der Waals surface area contributed by atoms with Crippen LogP contribution in [-0.2, 0) is 22.7 Å². The quantitative estimate of drug-likeness (QED) is 0.566. The molecule has 2 aromatic rings. The SMILES string of the molecule is Cc1c(Cl)cc(NC(=O)NCc2ccc3c(c2)C(=O)N(C2CCC(=O)NC2=O)C3)cc1N(C)C. The summed E-state index contributed by atoms with van der Waals surface area (Å²) >= 11 is 6.30. The summed E-state index contributed by atoms with van der Waals surface area (Å²) in [6.07, 6.45) is 0.528. The molecule has 2 aliphatic rings. The molecule has 1 atom stereocenters. The number of fused-ring (bicyclic) bond motifs is 1. The number of hydrogen-bond acceptors (Lipinski definition) is 5. The molecule has 178 valence electrons. The molecule has 3 N–H and O–H groups in total. The second-order valence-corrected chi connectivity index (χ2v) is 9.10. The van der Waals surface area contributed by atoms with E-state index in [1.165, 1.54) is 4.90 Å². The molecule has 10 heteroatoms. The summed E-state index contributed by atoms with van der Waals surface area (Å²) in [6.45, 7) is 2.44. The summed E-state index contributed by atoms with van der Waals surface area (Å²) in [7, 11) is 3.80. The molecule has 0 aliphatic carbocycles. The highest BCUT2D eigenvalue weighted by molar-refractivity contribution is 6.32. The monoisotopic (exact) mass is 483 g/mol. The number of benzene rings is 2. The Labute approximate surface area is 202 Å². The first kappa shape index (κ1) is 23.6. The lowest BCUT2D eigenvalue weighted by Crippen LogP contribution is -2.52. The fourth-order valence-corrected chi connectivity index (χ4v) is 4.48. The highest BCUT2D eigenvalue weighted by atomic mass is 35.5. The van der Waals surface area contributed by atoms with Gasteiger partial charge in [0.15, 0.2) is 0 Å². The van der Waals surface area contributed by atoms with Gasteiger partial charge < -0.3 is 20.4 Å². The normalized spacial score (nSPS) is 17.4. The van der Waals surface area contributed by atoms with Crippen molar-refractivity contribution in [2.75, 3.05) is 24.3 Å². The maximum Gasteiger partial charge on any atom is 0.319 e. The summed E-state index contributed by atoms with van der Waals surface area (Å²) in [5.74, 6) is -1.01. The summed E-state index contributed by atoms with van der Waals surface area (Å²) in [4.78, 5) is 52.4. The molecule has 0 saturated carbocycles. The van der Waals surface area contributed by atoms with Gasteiger partial charge in [0.05, 0.1) is 0 Å². The van der Waals surface area contributed by atoms with E-state index in [0.717, 1.165) is 22.4 Å². The van der Waals surface area contributed by atoms with Gasteiger partial charge in [-0.15, -0.1) is 0 Å². The van der Waals surface area contributed by atoms with E-state index in [-0.39, 0.29) is 24.8 Å². The molecule has 0 bridgehead atoms. The topological polar surface area (TPSA) is 111 Å². The summed E-state index contributed by atoms with van der Waals surface area (Å²) in [5, 5.41) is 8.43. The molecular formula is C24H26ClN5O4. The van der Waals surface area contributed by atoms with Crippen LogP contribution in [-0.4, -0.2) is 48.8 Å². The number of carbonyl (C=O) groups excluding carboxylic acids is 4. The molecule has 2 aliphatic heterocycles. The van der Waals surface area contributed by atoms with Crippen molar-refractivity contribution in [3.8, 4) is 0 Å². The number of halogens is 1. The van der Waals surface area contributed by atoms with Crippen LogP contribution in [0, 0.1) is 6.92 Å². The number of hydrogen-bond donors (Lipinski definition) is 3. The number of imide groups is 1. The molecule has 2 aromatic carbocycles. The minimum Gasteiger partial charge on any atom is -0.377 e. The number of nitrogens with one attached hydrogen (secondary N) is 3. The van der Waals surface area contributed by atoms with Gasteiger partial charge in [0.2, 0.25) is 11.8 Å². The van der Waals surface area contributed by atoms with Crippen LogP contribution in [0.15, 0.2) is 30.3 Å². The minimum absolute atomic E-state index is 0.211. The Morgan fingerprint density at radius 1 is 1.21 bits per heavy atom. The van der Waals surface area contributed by atoms with E-state index in [1.54, 1.807) is 12.1 Å². The fraction of sp³-hybridized carbons (Fsp3) is 0.333. The number of anilines is 2. The predicted molar refractivity (Wildman–Crippen MR) is 129 cm³/mol. The molecule has 9 nitrogen and oxygen atoms in total. The molecule has 34 heavy (non-hydrogen) atoms. The van der Waals surface area contributed by atoms with Crippen LogP contribution in [0.1, 0.15) is 39.9 Å². The zero-order valence-electron chi connectivity index (χ0n) is 19.2. The van der Waals surface area contributed by atoms with E-state index in [1.807, 2.05) is 44.1 Å². The average Bonchev–Trinajstić information content (AvgIpc) is 3.10. The average molecular weight is 484 g/mol. The van der Waals surface area contributed by atoms with Crippen molar-refractivity contribution in [1.29, 1.82) is 0 Å². The van der Waals surface area contributed by atoms with Crippen LogP contribution in [0.2, 0.25) is 5.02 Å². The van der Waals surface area contributed by atoms with E-state index in [0.29, 0.717) is 29.2 Å². The molecule has 0 spiro atoms. The Hall–Kier alpha value is -3.59. The van der Waals surface area contributed by atoms with Crippen molar-refractivity contribution >= 4 is 46.7 Å². The zero-order valence-corrected chi connectivity index (χ0v) is 20.0. The number of urea groups is 1. The largest absolute Gasteiger partial charge is 0.377 e. The number of rotatable bonds is 5. The maximum absolute atomic E-state index is 12.9. The van der Waals surface area contributed by atoms with E-state index < -0.39 is 18.0 Å². The van der Waals surface area contributed by atoms with Gasteiger partial charge in [-0.2, -0.15) is 0 Å². The minimum atomic E-state index is -0.654. The Morgan fingerprint density at radius 3 is 2.68 bits per heavy atom. The second kappa shape index (κ2) is 9.34. The Kier molecular flexibility index (Phi) is 6.47. The molecule has 5 amide bonds. The van der Waals surface area contributed by atoms with Crippen LogP contribution in [0.5, 0.6) is 0 Å². The maximum atomic E-state index is 12.9. The third kappa shape index (κ3) is 4.70. The highest BCUT2D eigenvalue weighted by Gasteiger charge is 2.39. The Bertz CT molecular complexity index is 1200. The lowest BCUT2D eigenvalue weighted by atomic mass is 10.0. The third-order valence-electron chi connectivity index (χ3n) is 6.10. The first-order chi connectivity index (χ1) is 16.1. The molecule has 4 rings (SSSR count). The first-order valence-corrected chi connectivity index (χ1v) is 11.3. The van der Waals surface area contributed by atoms with Gasteiger partial charge in [0.1, 0.15) is 6.04 Å². The number of amides is 5. The smallest absolute Gasteiger partial charge is 0.319 e. The molecule has 0 radical (unpaired) electrons. The fourth-order valence-electron chi connectivity index (χ4n) is 4.27. The van der Waals surface area contributed by atoms with Gasteiger partial charge in [-0.3, -0.25) is 19.7 Å². The zero-order chi connectivity index (χ0) is 24.6. The molecular weight excluding hydrogens is 458 g/mol. The second-order valence-electron chi connectivity index (χ2n) is 8.70. The number of carbonyl (C=O) groups is 4. The van der Waals surface area contributed by atoms with Crippen LogP contribution >= 0.6 is 11.6 Å². The molecule has 1 saturated heterocycles. The van der Waals surface area contributed by atoms with Crippen LogP contribution in [0.4, 0.5) is 16.2 Å². The summed E-state index contributed by atoms with van der Waals surface area (Å²) < 4.78 is 0. The highest BCUT2D eigenvalue weighted by Crippen LogP contribution is 2.30. The Balaban J connectivity index is 1.39. The van der Waals surface area contributed by atoms with Crippen molar-refractivity contribution < 1.29 is 19.2 Å². The molecule has 1 fully saturated rings. The number of nitrogens with zero attached hydrogens (tertiary/aromatic N) is 2. The molecule has 1 unspecified atom stereocenters. The van der Waals surface area contributed by atoms with E-state index in [9.17, 15) is 19.2 Å². The van der Waals surface area contributed by atoms with Gasteiger partial charge in [0.25, 0.3) is 5.91 Å². The summed E-state index contributed by atoms with van der Waals surface area (Å²) in [6, 6.07) is 7.89. The lowest BCUT2D eigenvalue weighted by molar-refractivity contribution is -0.136. The van der Waals surface area contributed by atoms with Gasteiger partial charge in [-0.25, -0.2) is 4.79 Å². The Morgan fingerprint density at radius 2 is 1.97 bits per heavy atom. The third-order valence-corrected chi connectivity index (χ3v) is 6.49. The van der Waals surface area contributed by atoms with Gasteiger partial charge >= 0.3 is 6.03 Å². The van der Waals surface area contributed by atoms with E-state index in [2.05, 4.69) is 16.0 Å². The van der Waals surface area contributed by atoms with Crippen LogP contribution in [0.25, 0.3) is 0 Å². The molecule has 2 heterocycles. The van der Waals surface area contributed by atoms with Crippen molar-refractivity contribution in [3.63, 3.8) is 0 Å². The van der Waals surface area contributed by atoms with E-state index >= 15 is 0 Å². The van der Waals surface area contributed by atoms with Gasteiger partial charge in [-0.05, 0) is 48.2 Å². The van der Waals surface area contributed by atoms with Crippen molar-refractivity contribution in [3.05, 3.63) is 57.6 Å². The lowest BCUT2D eigenvalue weighted by Gasteiger charge is -2.29. The standard InChI is InChI=1S/C24H26ClN5O4/c1-13-18(25)9-16(10-20(13)29(2)3)27-24(34)26-11-14-4-5-15-12-30(23(33)17(15)8-14)19-6-7-21(31)28-22(19)32/h4-5,8-10,19H,6-7,11-12H2,1-3H3,(H2,26,27,34)(H,28,31,32). The number of piperidine rings is 1. The van der Waals surface area contributed by atoms with Crippen molar-refractivity contribution in [2.45, 2.75) is 38.9 Å². The van der Waals surface area contributed by atoms with Gasteiger partial charge in [-0.1, -0.05) is 23.7 Å².